The quantitative estimate of drug-likeness (QED) is 0.227. The Kier molecular flexibility index (Phi) is 9.69. The number of rotatable bonds is 11. The van der Waals surface area contributed by atoms with Gasteiger partial charge in [-0.3, -0.25) is 4.99 Å². The molecular weight excluding hydrogens is 466 g/mol. The van der Waals surface area contributed by atoms with E-state index < -0.39 is 16.6 Å². The maximum Gasteiger partial charge on any atom is 0.192 e. The number of allylic oxidation sites excluding steroid dienone is 2. The van der Waals surface area contributed by atoms with Gasteiger partial charge in [0.2, 0.25) is 0 Å². The second kappa shape index (κ2) is 11.2. The molecule has 0 aromatic rings. The summed E-state index contributed by atoms with van der Waals surface area (Å²) in [4.78, 5) is 4.96. The van der Waals surface area contributed by atoms with Gasteiger partial charge in [-0.1, -0.05) is 55.4 Å². The Morgan fingerprint density at radius 2 is 1.46 bits per heavy atom. The first-order valence-electron chi connectivity index (χ1n) is 13.7. The van der Waals surface area contributed by atoms with Gasteiger partial charge in [-0.2, -0.15) is 5.26 Å². The van der Waals surface area contributed by atoms with E-state index in [2.05, 4.69) is 93.0 Å². The van der Waals surface area contributed by atoms with Crippen LogP contribution in [0.1, 0.15) is 81.1 Å². The number of nitrogens with one attached hydrogen (secondary N) is 1. The van der Waals surface area contributed by atoms with Crippen LogP contribution in [0, 0.1) is 23.2 Å². The van der Waals surface area contributed by atoms with Crippen LogP contribution < -0.4 is 5.32 Å². The van der Waals surface area contributed by atoms with Gasteiger partial charge in [-0.15, -0.1) is 0 Å². The molecule has 0 amide bonds. The Bertz CT molecular complexity index is 851. The summed E-state index contributed by atoms with van der Waals surface area (Å²) >= 11 is 0. The van der Waals surface area contributed by atoms with Crippen LogP contribution in [-0.4, -0.2) is 47.6 Å². The molecule has 1 N–H and O–H groups in total. The van der Waals surface area contributed by atoms with Crippen LogP contribution in [0.15, 0.2) is 16.3 Å². The van der Waals surface area contributed by atoms with E-state index in [1.165, 1.54) is 0 Å². The zero-order valence-corrected chi connectivity index (χ0v) is 26.8. The van der Waals surface area contributed by atoms with Gasteiger partial charge in [0.05, 0.1) is 30.5 Å². The van der Waals surface area contributed by atoms with Crippen molar-refractivity contribution in [1.29, 1.82) is 5.26 Å². The lowest BCUT2D eigenvalue weighted by Crippen LogP contribution is -2.47. The van der Waals surface area contributed by atoms with Gasteiger partial charge in [-0.25, -0.2) is 0 Å². The number of nitriles is 1. The molecule has 200 valence electrons. The van der Waals surface area contributed by atoms with E-state index in [1.54, 1.807) is 0 Å². The summed E-state index contributed by atoms with van der Waals surface area (Å²) in [5.74, 6) is 1.17. The number of hydrogen-bond donors (Lipinski definition) is 1. The highest BCUT2D eigenvalue weighted by atomic mass is 28.4. The van der Waals surface area contributed by atoms with Crippen LogP contribution in [0.25, 0.3) is 0 Å². The summed E-state index contributed by atoms with van der Waals surface area (Å²) in [6.07, 6.45) is 3.74. The van der Waals surface area contributed by atoms with Crippen molar-refractivity contribution in [3.63, 3.8) is 0 Å². The highest BCUT2D eigenvalue weighted by Crippen LogP contribution is 2.45. The molecule has 2 aliphatic rings. The molecule has 0 spiro atoms. The Balaban J connectivity index is 2.02. The van der Waals surface area contributed by atoms with Crippen LogP contribution >= 0.6 is 0 Å². The zero-order valence-electron chi connectivity index (χ0n) is 24.8. The topological polar surface area (TPSA) is 66.6 Å². The minimum Gasteiger partial charge on any atom is -0.415 e. The van der Waals surface area contributed by atoms with E-state index in [0.717, 1.165) is 42.7 Å². The summed E-state index contributed by atoms with van der Waals surface area (Å²) in [6, 6.07) is 2.91. The number of nitrogens with zero attached hydrogens (tertiary/aromatic N) is 2. The van der Waals surface area contributed by atoms with Crippen LogP contribution in [0.3, 0.4) is 0 Å². The second-order valence-electron chi connectivity index (χ2n) is 13.5. The molecule has 0 aromatic carbocycles. The fourth-order valence-corrected chi connectivity index (χ4v) is 9.43. The lowest BCUT2D eigenvalue weighted by molar-refractivity contribution is 0.240. The van der Waals surface area contributed by atoms with Gasteiger partial charge in [-0.05, 0) is 73.8 Å². The molecular formula is C28H53N3O2Si2. The van der Waals surface area contributed by atoms with Gasteiger partial charge < -0.3 is 14.2 Å². The molecule has 7 heteroatoms. The molecule has 0 radical (unpaired) electrons. The Morgan fingerprint density at radius 1 is 0.943 bits per heavy atom. The first kappa shape index (κ1) is 30.3. The molecule has 0 saturated carbocycles. The van der Waals surface area contributed by atoms with Crippen LogP contribution in [0.2, 0.25) is 36.3 Å². The third-order valence-corrected chi connectivity index (χ3v) is 19.3. The standard InChI is InChI=1S/C28H53N3O2Si2/c1-20(2)27(5,6)34(9,10)32-18-22-13-15-25(30-22)24(17-29)26-16-14-23(31-26)19-33-35(11,12)28(7,8)21(3)4/h20-23,30H,13-16,18-19H2,1-12H3/b25-24-. The molecule has 2 rings (SSSR count). The second-order valence-corrected chi connectivity index (χ2v) is 22.7. The zero-order chi connectivity index (χ0) is 26.8. The van der Waals surface area contributed by atoms with Crippen molar-refractivity contribution >= 4 is 22.3 Å². The monoisotopic (exact) mass is 519 g/mol. The fraction of sp³-hybridized carbons (Fsp3) is 0.857. The molecule has 2 heterocycles. The lowest BCUT2D eigenvalue weighted by Gasteiger charge is -2.43. The molecule has 0 aromatic heterocycles. The summed E-state index contributed by atoms with van der Waals surface area (Å²) in [7, 11) is -3.72. The fourth-order valence-electron chi connectivity index (χ4n) is 4.68. The van der Waals surface area contributed by atoms with E-state index in [1.807, 2.05) is 0 Å². The first-order valence-corrected chi connectivity index (χ1v) is 19.5. The highest BCUT2D eigenvalue weighted by molar-refractivity contribution is 6.74. The van der Waals surface area contributed by atoms with Crippen molar-refractivity contribution in [2.24, 2.45) is 16.8 Å². The molecule has 1 fully saturated rings. The van der Waals surface area contributed by atoms with Crippen molar-refractivity contribution in [3.05, 3.63) is 11.3 Å². The number of aliphatic imine (C=N–C) groups is 1. The van der Waals surface area contributed by atoms with E-state index in [0.29, 0.717) is 25.0 Å². The Morgan fingerprint density at radius 3 is 1.94 bits per heavy atom. The third kappa shape index (κ3) is 6.68. The van der Waals surface area contributed by atoms with Crippen molar-refractivity contribution in [2.75, 3.05) is 13.2 Å². The molecule has 2 unspecified atom stereocenters. The van der Waals surface area contributed by atoms with Gasteiger partial charge in [0, 0.05) is 11.7 Å². The predicted octanol–water partition coefficient (Wildman–Crippen LogP) is 7.44. The van der Waals surface area contributed by atoms with E-state index in [-0.39, 0.29) is 22.2 Å². The van der Waals surface area contributed by atoms with Crippen LogP contribution in [0.5, 0.6) is 0 Å². The maximum atomic E-state index is 10.00. The summed E-state index contributed by atoms with van der Waals surface area (Å²) < 4.78 is 13.1. The first-order chi connectivity index (χ1) is 16.0. The SMILES string of the molecule is CC(C)C(C)(C)[Si](C)(C)OCC1CCC(/C(C#N)=C2/CCC(CO[Si](C)(C)C(C)(C)C(C)C)N2)=N1. The Labute approximate surface area is 218 Å². The van der Waals surface area contributed by atoms with E-state index >= 15 is 0 Å². The van der Waals surface area contributed by atoms with Crippen molar-refractivity contribution in [3.8, 4) is 6.07 Å². The average Bonchev–Trinajstić information content (AvgIpc) is 3.41. The molecule has 2 aliphatic heterocycles. The summed E-state index contributed by atoms with van der Waals surface area (Å²) in [5.41, 5.74) is 2.77. The minimum absolute atomic E-state index is 0.161. The van der Waals surface area contributed by atoms with Gasteiger partial charge in [0.25, 0.3) is 0 Å². The normalized spacial score (nSPS) is 23.5. The minimum atomic E-state index is -1.87. The highest BCUT2D eigenvalue weighted by Gasteiger charge is 2.45. The molecule has 5 nitrogen and oxygen atoms in total. The van der Waals surface area contributed by atoms with Crippen LogP contribution in [0.4, 0.5) is 0 Å². The maximum absolute atomic E-state index is 10.00. The van der Waals surface area contributed by atoms with E-state index in [4.69, 9.17) is 13.8 Å². The number of hydrogen-bond acceptors (Lipinski definition) is 5. The average molecular weight is 520 g/mol. The summed E-state index contributed by atoms with van der Waals surface area (Å²) in [6.45, 7) is 29.2. The predicted molar refractivity (Wildman–Crippen MR) is 154 cm³/mol. The van der Waals surface area contributed by atoms with Gasteiger partial charge >= 0.3 is 0 Å². The summed E-state index contributed by atoms with van der Waals surface area (Å²) in [5, 5.41) is 14.0. The molecule has 0 aliphatic carbocycles. The molecule has 1 saturated heterocycles. The molecule has 2 atom stereocenters. The van der Waals surface area contributed by atoms with Crippen molar-refractivity contribution in [2.45, 2.75) is 129 Å². The van der Waals surface area contributed by atoms with Crippen molar-refractivity contribution < 1.29 is 8.85 Å². The van der Waals surface area contributed by atoms with Gasteiger partial charge in [0.1, 0.15) is 6.07 Å². The largest absolute Gasteiger partial charge is 0.415 e. The smallest absolute Gasteiger partial charge is 0.192 e. The van der Waals surface area contributed by atoms with Gasteiger partial charge in [0.15, 0.2) is 16.6 Å². The third-order valence-electron chi connectivity index (χ3n) is 10.1. The lowest BCUT2D eigenvalue weighted by atomic mass is 9.99. The molecule has 0 bridgehead atoms. The van der Waals surface area contributed by atoms with Crippen molar-refractivity contribution in [1.82, 2.24) is 5.32 Å². The Hall–Kier alpha value is -0.946. The van der Waals surface area contributed by atoms with Crippen LogP contribution in [-0.2, 0) is 8.85 Å². The molecule has 35 heavy (non-hydrogen) atoms. The van der Waals surface area contributed by atoms with E-state index in [9.17, 15) is 5.26 Å².